The lowest BCUT2D eigenvalue weighted by Crippen LogP contribution is -2.21. The van der Waals surface area contributed by atoms with Crippen molar-refractivity contribution in [3.05, 3.63) is 71.5 Å². The van der Waals surface area contributed by atoms with Crippen molar-refractivity contribution in [2.45, 2.75) is 20.8 Å². The van der Waals surface area contributed by atoms with Crippen molar-refractivity contribution in [1.82, 2.24) is 14.8 Å². The Hall–Kier alpha value is -3.94. The topological polar surface area (TPSA) is 99.2 Å². The summed E-state index contributed by atoms with van der Waals surface area (Å²) < 4.78 is 12.3. The quantitative estimate of drug-likeness (QED) is 0.509. The smallest absolute Gasteiger partial charge is 0.374 e. The normalized spacial score (nSPS) is 10.9. The van der Waals surface area contributed by atoms with E-state index in [9.17, 15) is 9.59 Å². The Kier molecular flexibility index (Phi) is 5.05. The molecule has 1 N–H and O–H groups in total. The zero-order chi connectivity index (χ0) is 21.3. The summed E-state index contributed by atoms with van der Waals surface area (Å²) in [6, 6.07) is 11.1. The van der Waals surface area contributed by atoms with E-state index in [1.165, 1.54) is 6.07 Å². The predicted molar refractivity (Wildman–Crippen MR) is 111 cm³/mol. The van der Waals surface area contributed by atoms with Crippen LogP contribution in [0.3, 0.4) is 0 Å². The average Bonchev–Trinajstić information content (AvgIpc) is 3.29. The molecule has 0 fully saturated rings. The SMILES string of the molecule is Cc1ccc(-n2nc(C)c(NC(=O)COC(=O)c3cc4cnccc4o3)c2C)cc1. The number of ether oxygens (including phenoxy) is 1. The minimum Gasteiger partial charge on any atom is -0.450 e. The second kappa shape index (κ2) is 7.82. The van der Waals surface area contributed by atoms with Gasteiger partial charge in [0.15, 0.2) is 6.61 Å². The van der Waals surface area contributed by atoms with Gasteiger partial charge in [0.25, 0.3) is 5.91 Å². The number of hydrogen-bond acceptors (Lipinski definition) is 6. The molecule has 0 radical (unpaired) electrons. The van der Waals surface area contributed by atoms with Gasteiger partial charge < -0.3 is 14.5 Å². The van der Waals surface area contributed by atoms with Crippen molar-refractivity contribution in [2.24, 2.45) is 0 Å². The standard InChI is InChI=1S/C22H20N4O4/c1-13-4-6-17(7-5-13)26-15(3)21(14(2)25-26)24-20(27)12-29-22(28)19-10-16-11-23-9-8-18(16)30-19/h4-11H,12H2,1-3H3,(H,24,27). The summed E-state index contributed by atoms with van der Waals surface area (Å²) in [6.07, 6.45) is 3.15. The fourth-order valence-corrected chi connectivity index (χ4v) is 3.12. The Balaban J connectivity index is 1.42. The molecule has 152 valence electrons. The molecule has 8 heteroatoms. The van der Waals surface area contributed by atoms with E-state index < -0.39 is 18.5 Å². The molecule has 3 aromatic heterocycles. The number of amides is 1. The van der Waals surface area contributed by atoms with Gasteiger partial charge in [-0.2, -0.15) is 5.10 Å². The molecule has 0 aliphatic carbocycles. The third-order valence-electron chi connectivity index (χ3n) is 4.69. The molecule has 0 aliphatic rings. The first-order valence-electron chi connectivity index (χ1n) is 9.36. The Morgan fingerprint density at radius 1 is 1.13 bits per heavy atom. The highest BCUT2D eigenvalue weighted by Gasteiger charge is 2.18. The minimum atomic E-state index is -0.717. The first-order chi connectivity index (χ1) is 14.4. The van der Waals surface area contributed by atoms with Crippen molar-refractivity contribution in [2.75, 3.05) is 11.9 Å². The van der Waals surface area contributed by atoms with Crippen LogP contribution in [0.1, 0.15) is 27.5 Å². The number of aryl methyl sites for hydroxylation is 2. The molecule has 1 amide bonds. The van der Waals surface area contributed by atoms with Crippen LogP contribution < -0.4 is 5.32 Å². The van der Waals surface area contributed by atoms with E-state index in [1.807, 2.05) is 45.0 Å². The van der Waals surface area contributed by atoms with Gasteiger partial charge in [-0.05, 0) is 39.0 Å². The number of pyridine rings is 1. The molecule has 0 atom stereocenters. The monoisotopic (exact) mass is 404 g/mol. The Morgan fingerprint density at radius 2 is 1.90 bits per heavy atom. The summed E-state index contributed by atoms with van der Waals surface area (Å²) in [7, 11) is 0. The van der Waals surface area contributed by atoms with Crippen molar-refractivity contribution >= 4 is 28.5 Å². The lowest BCUT2D eigenvalue weighted by Gasteiger charge is -2.08. The molecule has 0 bridgehead atoms. The van der Waals surface area contributed by atoms with Gasteiger partial charge in [-0.3, -0.25) is 9.78 Å². The number of esters is 1. The maximum atomic E-state index is 12.3. The van der Waals surface area contributed by atoms with Crippen LogP contribution in [0.4, 0.5) is 5.69 Å². The van der Waals surface area contributed by atoms with E-state index in [-0.39, 0.29) is 5.76 Å². The van der Waals surface area contributed by atoms with Gasteiger partial charge in [-0.15, -0.1) is 0 Å². The van der Waals surface area contributed by atoms with Crippen LogP contribution in [-0.4, -0.2) is 33.2 Å². The Morgan fingerprint density at radius 3 is 2.63 bits per heavy atom. The fourth-order valence-electron chi connectivity index (χ4n) is 3.12. The van der Waals surface area contributed by atoms with Gasteiger partial charge in [0.1, 0.15) is 5.58 Å². The van der Waals surface area contributed by atoms with Crippen molar-refractivity contribution in [1.29, 1.82) is 0 Å². The summed E-state index contributed by atoms with van der Waals surface area (Å²) in [5.41, 5.74) is 4.60. The average molecular weight is 404 g/mol. The van der Waals surface area contributed by atoms with Crippen LogP contribution >= 0.6 is 0 Å². The third-order valence-corrected chi connectivity index (χ3v) is 4.69. The molecule has 0 aliphatic heterocycles. The van der Waals surface area contributed by atoms with Gasteiger partial charge in [-0.25, -0.2) is 9.48 Å². The van der Waals surface area contributed by atoms with Gasteiger partial charge in [0, 0.05) is 23.8 Å². The van der Waals surface area contributed by atoms with E-state index in [4.69, 9.17) is 9.15 Å². The third kappa shape index (κ3) is 3.80. The number of carbonyl (C=O) groups is 2. The zero-order valence-corrected chi connectivity index (χ0v) is 16.8. The second-order valence-electron chi connectivity index (χ2n) is 6.94. The lowest BCUT2D eigenvalue weighted by molar-refractivity contribution is -0.119. The van der Waals surface area contributed by atoms with Crippen LogP contribution in [0.2, 0.25) is 0 Å². The number of carbonyl (C=O) groups excluding carboxylic acids is 2. The van der Waals surface area contributed by atoms with Crippen LogP contribution in [-0.2, 0) is 9.53 Å². The number of nitrogens with one attached hydrogen (secondary N) is 1. The first kappa shape index (κ1) is 19.4. The lowest BCUT2D eigenvalue weighted by atomic mass is 10.2. The number of hydrogen-bond donors (Lipinski definition) is 1. The van der Waals surface area contributed by atoms with Crippen LogP contribution in [0, 0.1) is 20.8 Å². The maximum absolute atomic E-state index is 12.3. The molecule has 1 aromatic carbocycles. The summed E-state index contributed by atoms with van der Waals surface area (Å²) in [6.45, 7) is 5.24. The van der Waals surface area contributed by atoms with Crippen molar-refractivity contribution in [3.63, 3.8) is 0 Å². The fraction of sp³-hybridized carbons (Fsp3) is 0.182. The van der Waals surface area contributed by atoms with E-state index in [0.29, 0.717) is 22.4 Å². The molecule has 0 saturated heterocycles. The zero-order valence-electron chi connectivity index (χ0n) is 16.8. The molecular formula is C22H20N4O4. The van der Waals surface area contributed by atoms with Crippen LogP contribution in [0.15, 0.2) is 53.2 Å². The first-order valence-corrected chi connectivity index (χ1v) is 9.36. The number of aromatic nitrogens is 3. The molecule has 0 saturated carbocycles. The number of benzene rings is 1. The predicted octanol–water partition coefficient (Wildman–Crippen LogP) is 3.73. The van der Waals surface area contributed by atoms with Gasteiger partial charge >= 0.3 is 5.97 Å². The van der Waals surface area contributed by atoms with Gasteiger partial charge in [0.05, 0.1) is 22.8 Å². The molecule has 3 heterocycles. The molecule has 30 heavy (non-hydrogen) atoms. The summed E-state index contributed by atoms with van der Waals surface area (Å²) in [5, 5.41) is 7.96. The molecule has 0 unspecified atom stereocenters. The molecule has 0 spiro atoms. The van der Waals surface area contributed by atoms with E-state index in [0.717, 1.165) is 16.9 Å². The minimum absolute atomic E-state index is 0.0188. The second-order valence-corrected chi connectivity index (χ2v) is 6.94. The van der Waals surface area contributed by atoms with Crippen LogP contribution in [0.25, 0.3) is 16.7 Å². The van der Waals surface area contributed by atoms with Crippen LogP contribution in [0.5, 0.6) is 0 Å². The number of anilines is 1. The van der Waals surface area contributed by atoms with E-state index in [1.54, 1.807) is 23.1 Å². The Bertz CT molecular complexity index is 1210. The number of rotatable bonds is 5. The highest BCUT2D eigenvalue weighted by atomic mass is 16.5. The largest absolute Gasteiger partial charge is 0.450 e. The highest BCUT2D eigenvalue weighted by Crippen LogP contribution is 2.23. The van der Waals surface area contributed by atoms with Gasteiger partial charge in [-0.1, -0.05) is 17.7 Å². The Labute approximate surface area is 172 Å². The molecular weight excluding hydrogens is 384 g/mol. The van der Waals surface area contributed by atoms with Gasteiger partial charge in [0.2, 0.25) is 5.76 Å². The van der Waals surface area contributed by atoms with Crippen molar-refractivity contribution < 1.29 is 18.7 Å². The number of nitrogens with zero attached hydrogens (tertiary/aromatic N) is 3. The molecule has 4 aromatic rings. The number of furan rings is 1. The highest BCUT2D eigenvalue weighted by molar-refractivity contribution is 5.96. The van der Waals surface area contributed by atoms with E-state index >= 15 is 0 Å². The molecule has 8 nitrogen and oxygen atoms in total. The number of fused-ring (bicyclic) bond motifs is 1. The van der Waals surface area contributed by atoms with E-state index in [2.05, 4.69) is 15.4 Å². The van der Waals surface area contributed by atoms with Crippen molar-refractivity contribution in [3.8, 4) is 5.69 Å². The summed E-state index contributed by atoms with van der Waals surface area (Å²) in [5.74, 6) is -1.16. The summed E-state index contributed by atoms with van der Waals surface area (Å²) in [4.78, 5) is 28.5. The maximum Gasteiger partial charge on any atom is 0.374 e. The molecule has 4 rings (SSSR count). The summed E-state index contributed by atoms with van der Waals surface area (Å²) >= 11 is 0.